The van der Waals surface area contributed by atoms with Crippen LogP contribution in [0.4, 0.5) is 0 Å². The molecule has 1 unspecified atom stereocenters. The van der Waals surface area contributed by atoms with Gasteiger partial charge in [0.05, 0.1) is 0 Å². The van der Waals surface area contributed by atoms with Gasteiger partial charge in [0.2, 0.25) is 0 Å². The molecule has 0 bridgehead atoms. The fraction of sp³-hybridized carbons (Fsp3) is 0.273. The third-order valence-corrected chi connectivity index (χ3v) is 2.54. The maximum absolute atomic E-state index is 11.7. The van der Waals surface area contributed by atoms with Gasteiger partial charge in [-0.3, -0.25) is 4.79 Å². The molecule has 86 valence electrons. The van der Waals surface area contributed by atoms with E-state index in [9.17, 15) is 9.59 Å². The lowest BCUT2D eigenvalue weighted by Crippen LogP contribution is -2.42. The van der Waals surface area contributed by atoms with E-state index in [1.165, 1.54) is 0 Å². The Morgan fingerprint density at radius 2 is 2.06 bits per heavy atom. The van der Waals surface area contributed by atoms with Crippen molar-refractivity contribution in [3.8, 4) is 0 Å². The molecule has 0 heterocycles. The molecule has 1 amide bonds. The predicted molar refractivity (Wildman–Crippen MR) is 63.9 cm³/mol. The molecule has 1 atom stereocenters. The summed E-state index contributed by atoms with van der Waals surface area (Å²) in [7, 11) is 0. The van der Waals surface area contributed by atoms with Crippen LogP contribution in [-0.4, -0.2) is 28.8 Å². The van der Waals surface area contributed by atoms with E-state index in [1.807, 2.05) is 6.07 Å². The maximum atomic E-state index is 11.7. The van der Waals surface area contributed by atoms with Crippen molar-refractivity contribution >= 4 is 24.5 Å². The van der Waals surface area contributed by atoms with Crippen LogP contribution >= 0.6 is 12.6 Å². The Bertz CT molecular complexity index is 406. The second kappa shape index (κ2) is 5.55. The molecule has 1 aromatic carbocycles. The molecule has 4 nitrogen and oxygen atoms in total. The van der Waals surface area contributed by atoms with Crippen molar-refractivity contribution in [3.63, 3.8) is 0 Å². The van der Waals surface area contributed by atoms with Crippen LogP contribution in [0.2, 0.25) is 0 Å². The third kappa shape index (κ3) is 3.00. The van der Waals surface area contributed by atoms with Crippen molar-refractivity contribution in [2.45, 2.75) is 13.0 Å². The van der Waals surface area contributed by atoms with Crippen LogP contribution in [0.25, 0.3) is 0 Å². The highest BCUT2D eigenvalue weighted by atomic mass is 32.1. The number of nitrogens with one attached hydrogen (secondary N) is 1. The molecule has 16 heavy (non-hydrogen) atoms. The largest absolute Gasteiger partial charge is 0.480 e. The summed E-state index contributed by atoms with van der Waals surface area (Å²) in [6.07, 6.45) is 0. The molecule has 0 aliphatic carbocycles. The fourth-order valence-electron chi connectivity index (χ4n) is 1.25. The first-order valence-electron chi connectivity index (χ1n) is 4.76. The first kappa shape index (κ1) is 12.6. The molecule has 0 aromatic heterocycles. The number of benzene rings is 1. The topological polar surface area (TPSA) is 66.4 Å². The van der Waals surface area contributed by atoms with Gasteiger partial charge in [-0.1, -0.05) is 18.2 Å². The second-order valence-electron chi connectivity index (χ2n) is 3.36. The zero-order chi connectivity index (χ0) is 12.1. The summed E-state index contributed by atoms with van der Waals surface area (Å²) in [5.41, 5.74) is 1.29. The number of carboxylic acid groups (broad SMARTS) is 1. The fourth-order valence-corrected chi connectivity index (χ4v) is 1.50. The van der Waals surface area contributed by atoms with Crippen molar-refractivity contribution in [1.82, 2.24) is 5.32 Å². The summed E-state index contributed by atoms with van der Waals surface area (Å²) in [5.74, 6) is -1.41. The highest BCUT2D eigenvalue weighted by Crippen LogP contribution is 2.07. The standard InChI is InChI=1S/C11H13NO3S/c1-7-4-2-3-5-8(7)10(13)12-9(6-16)11(14)15/h2-5,9,16H,6H2,1H3,(H,12,13)(H,14,15). The molecule has 0 saturated heterocycles. The van der Waals surface area contributed by atoms with Crippen LogP contribution < -0.4 is 5.32 Å². The van der Waals surface area contributed by atoms with Gasteiger partial charge in [0.25, 0.3) is 5.91 Å². The van der Waals surface area contributed by atoms with Crippen molar-refractivity contribution in [3.05, 3.63) is 35.4 Å². The second-order valence-corrected chi connectivity index (χ2v) is 3.73. The number of rotatable bonds is 4. The Kier molecular flexibility index (Phi) is 4.37. The average Bonchev–Trinajstić information content (AvgIpc) is 2.25. The van der Waals surface area contributed by atoms with Gasteiger partial charge in [-0.25, -0.2) is 4.79 Å². The molecule has 2 N–H and O–H groups in total. The number of carboxylic acids is 1. The van der Waals surface area contributed by atoms with Gasteiger partial charge in [-0.2, -0.15) is 12.6 Å². The molecular weight excluding hydrogens is 226 g/mol. The minimum Gasteiger partial charge on any atom is -0.480 e. The number of amides is 1. The molecule has 0 radical (unpaired) electrons. The Labute approximate surface area is 99.1 Å². The van der Waals surface area contributed by atoms with Crippen LogP contribution in [0.15, 0.2) is 24.3 Å². The molecule has 1 rings (SSSR count). The van der Waals surface area contributed by atoms with Crippen LogP contribution in [0.1, 0.15) is 15.9 Å². The molecule has 0 fully saturated rings. The van der Waals surface area contributed by atoms with Crippen molar-refractivity contribution in [1.29, 1.82) is 0 Å². The van der Waals surface area contributed by atoms with Gasteiger partial charge >= 0.3 is 5.97 Å². The van der Waals surface area contributed by atoms with Crippen LogP contribution in [0.5, 0.6) is 0 Å². The van der Waals surface area contributed by atoms with Crippen molar-refractivity contribution < 1.29 is 14.7 Å². The van der Waals surface area contributed by atoms with Crippen LogP contribution in [0.3, 0.4) is 0 Å². The number of hydrogen-bond acceptors (Lipinski definition) is 3. The molecular formula is C11H13NO3S. The quantitative estimate of drug-likeness (QED) is 0.689. The summed E-state index contributed by atoms with van der Waals surface area (Å²) in [5, 5.41) is 11.2. The molecule has 5 heteroatoms. The zero-order valence-corrected chi connectivity index (χ0v) is 9.70. The Balaban J connectivity index is 2.80. The average molecular weight is 239 g/mol. The Hall–Kier alpha value is -1.49. The van der Waals surface area contributed by atoms with Gasteiger partial charge in [-0.05, 0) is 18.6 Å². The van der Waals surface area contributed by atoms with E-state index < -0.39 is 12.0 Å². The molecule has 0 aliphatic rings. The first-order valence-corrected chi connectivity index (χ1v) is 5.39. The van der Waals surface area contributed by atoms with E-state index >= 15 is 0 Å². The maximum Gasteiger partial charge on any atom is 0.327 e. The number of thiol groups is 1. The van der Waals surface area contributed by atoms with E-state index in [4.69, 9.17) is 5.11 Å². The SMILES string of the molecule is Cc1ccccc1C(=O)NC(CS)C(=O)O. The van der Waals surface area contributed by atoms with E-state index in [2.05, 4.69) is 17.9 Å². The zero-order valence-electron chi connectivity index (χ0n) is 8.80. The third-order valence-electron chi connectivity index (χ3n) is 2.18. The highest BCUT2D eigenvalue weighted by molar-refractivity contribution is 7.80. The minimum absolute atomic E-state index is 0.0625. The first-order chi connectivity index (χ1) is 7.56. The predicted octanol–water partition coefficient (Wildman–Crippen LogP) is 1.11. The van der Waals surface area contributed by atoms with E-state index in [1.54, 1.807) is 25.1 Å². The van der Waals surface area contributed by atoms with Gasteiger partial charge in [0.15, 0.2) is 0 Å². The smallest absolute Gasteiger partial charge is 0.327 e. The molecule has 0 spiro atoms. The summed E-state index contributed by atoms with van der Waals surface area (Å²) < 4.78 is 0. The summed E-state index contributed by atoms with van der Waals surface area (Å²) in [4.78, 5) is 22.4. The highest BCUT2D eigenvalue weighted by Gasteiger charge is 2.19. The van der Waals surface area contributed by atoms with Crippen molar-refractivity contribution in [2.24, 2.45) is 0 Å². The van der Waals surface area contributed by atoms with Gasteiger partial charge in [0.1, 0.15) is 6.04 Å². The van der Waals surface area contributed by atoms with Crippen LogP contribution in [-0.2, 0) is 4.79 Å². The molecule has 0 aliphatic heterocycles. The Morgan fingerprint density at radius 3 is 2.56 bits per heavy atom. The lowest BCUT2D eigenvalue weighted by molar-refractivity contribution is -0.138. The normalized spacial score (nSPS) is 11.9. The Morgan fingerprint density at radius 1 is 1.44 bits per heavy atom. The summed E-state index contributed by atoms with van der Waals surface area (Å²) in [6.45, 7) is 1.80. The van der Waals surface area contributed by atoms with Crippen LogP contribution in [0, 0.1) is 6.92 Å². The van der Waals surface area contributed by atoms with Gasteiger partial charge < -0.3 is 10.4 Å². The van der Waals surface area contributed by atoms with Gasteiger partial charge in [0, 0.05) is 11.3 Å². The summed E-state index contributed by atoms with van der Waals surface area (Å²) >= 11 is 3.87. The lowest BCUT2D eigenvalue weighted by atomic mass is 10.1. The monoisotopic (exact) mass is 239 g/mol. The van der Waals surface area contributed by atoms with Gasteiger partial charge in [-0.15, -0.1) is 0 Å². The van der Waals surface area contributed by atoms with E-state index in [-0.39, 0.29) is 11.7 Å². The number of hydrogen-bond donors (Lipinski definition) is 3. The number of aryl methyl sites for hydroxylation is 1. The summed E-state index contributed by atoms with van der Waals surface area (Å²) in [6, 6.07) is 6.04. The minimum atomic E-state index is -1.09. The number of aliphatic carboxylic acids is 1. The number of carbonyl (C=O) groups is 2. The number of carbonyl (C=O) groups excluding carboxylic acids is 1. The van der Waals surface area contributed by atoms with E-state index in [0.29, 0.717) is 5.56 Å². The molecule has 0 saturated carbocycles. The molecule has 1 aromatic rings. The lowest BCUT2D eigenvalue weighted by Gasteiger charge is -2.12. The van der Waals surface area contributed by atoms with Crippen molar-refractivity contribution in [2.75, 3.05) is 5.75 Å². The van der Waals surface area contributed by atoms with E-state index in [0.717, 1.165) is 5.56 Å².